The lowest BCUT2D eigenvalue weighted by molar-refractivity contribution is -0.137. The predicted molar refractivity (Wildman–Crippen MR) is 69.2 cm³/mol. The van der Waals surface area contributed by atoms with Crippen LogP contribution in [-0.2, 0) is 6.18 Å². The fraction of sp³-hybridized carbons (Fsp3) is 0.571. The first-order chi connectivity index (χ1) is 8.80. The first-order valence-electron chi connectivity index (χ1n) is 6.34. The van der Waals surface area contributed by atoms with Gasteiger partial charge in [0.1, 0.15) is 12.4 Å². The summed E-state index contributed by atoms with van der Waals surface area (Å²) in [6.45, 7) is 7.42. The molecule has 0 aliphatic carbocycles. The monoisotopic (exact) mass is 275 g/mol. The van der Waals surface area contributed by atoms with Crippen molar-refractivity contribution >= 4 is 0 Å². The largest absolute Gasteiger partial charge is 0.492 e. The van der Waals surface area contributed by atoms with E-state index in [1.54, 1.807) is 0 Å². The van der Waals surface area contributed by atoms with Crippen LogP contribution in [0.4, 0.5) is 13.2 Å². The molecule has 1 N–H and O–H groups in total. The molecule has 5 heteroatoms. The molecule has 0 aromatic heterocycles. The SMILES string of the molecule is CC(C)C(C)NCCOc1ccc(C(F)(F)F)cc1. The number of nitrogens with one attached hydrogen (secondary N) is 1. The van der Waals surface area contributed by atoms with Gasteiger partial charge >= 0.3 is 6.18 Å². The summed E-state index contributed by atoms with van der Waals surface area (Å²) in [5, 5.41) is 3.28. The van der Waals surface area contributed by atoms with Crippen LogP contribution in [0.3, 0.4) is 0 Å². The fourth-order valence-electron chi connectivity index (χ4n) is 1.43. The number of benzene rings is 1. The average molecular weight is 275 g/mol. The second-order valence-electron chi connectivity index (χ2n) is 4.86. The van der Waals surface area contributed by atoms with Gasteiger partial charge in [0, 0.05) is 12.6 Å². The van der Waals surface area contributed by atoms with Gasteiger partial charge in [-0.25, -0.2) is 0 Å². The molecule has 0 radical (unpaired) electrons. The molecule has 1 aromatic carbocycles. The third-order valence-electron chi connectivity index (χ3n) is 3.02. The third-order valence-corrected chi connectivity index (χ3v) is 3.02. The first-order valence-corrected chi connectivity index (χ1v) is 6.34. The van der Waals surface area contributed by atoms with Crippen LogP contribution in [0.25, 0.3) is 0 Å². The molecular formula is C14H20F3NO. The van der Waals surface area contributed by atoms with E-state index in [1.165, 1.54) is 12.1 Å². The Morgan fingerprint density at radius 2 is 1.68 bits per heavy atom. The predicted octanol–water partition coefficient (Wildman–Crippen LogP) is 3.72. The molecule has 1 unspecified atom stereocenters. The van der Waals surface area contributed by atoms with E-state index in [0.717, 1.165) is 12.1 Å². The first kappa shape index (κ1) is 15.8. The van der Waals surface area contributed by atoms with Gasteiger partial charge in [-0.15, -0.1) is 0 Å². The van der Waals surface area contributed by atoms with Crippen LogP contribution >= 0.6 is 0 Å². The van der Waals surface area contributed by atoms with Gasteiger partial charge in [0.15, 0.2) is 0 Å². The van der Waals surface area contributed by atoms with Gasteiger partial charge in [-0.05, 0) is 37.1 Å². The molecule has 1 atom stereocenters. The quantitative estimate of drug-likeness (QED) is 0.799. The summed E-state index contributed by atoms with van der Waals surface area (Å²) in [6, 6.07) is 5.12. The fourth-order valence-corrected chi connectivity index (χ4v) is 1.43. The number of hydrogen-bond donors (Lipinski definition) is 1. The van der Waals surface area contributed by atoms with Crippen molar-refractivity contribution in [2.45, 2.75) is 33.0 Å². The molecule has 0 fully saturated rings. The number of ether oxygens (including phenoxy) is 1. The lowest BCUT2D eigenvalue weighted by Gasteiger charge is -2.17. The molecule has 1 aromatic rings. The Balaban J connectivity index is 2.35. The maximum atomic E-state index is 12.3. The van der Waals surface area contributed by atoms with Crippen LogP contribution in [-0.4, -0.2) is 19.2 Å². The van der Waals surface area contributed by atoms with Gasteiger partial charge < -0.3 is 10.1 Å². The summed E-state index contributed by atoms with van der Waals surface area (Å²) in [6.07, 6.45) is -4.30. The zero-order chi connectivity index (χ0) is 14.5. The van der Waals surface area contributed by atoms with Crippen molar-refractivity contribution in [1.82, 2.24) is 5.32 Å². The molecule has 0 saturated heterocycles. The van der Waals surface area contributed by atoms with Crippen LogP contribution in [0.1, 0.15) is 26.3 Å². The molecular weight excluding hydrogens is 255 g/mol. The van der Waals surface area contributed by atoms with Crippen LogP contribution < -0.4 is 10.1 Å². The van der Waals surface area contributed by atoms with E-state index in [0.29, 0.717) is 30.9 Å². The minimum atomic E-state index is -4.30. The molecule has 0 bridgehead atoms. The molecule has 108 valence electrons. The highest BCUT2D eigenvalue weighted by atomic mass is 19.4. The normalized spacial score (nSPS) is 13.6. The number of hydrogen-bond acceptors (Lipinski definition) is 2. The van der Waals surface area contributed by atoms with E-state index in [4.69, 9.17) is 4.74 Å². The number of halogens is 3. The summed E-state index contributed by atoms with van der Waals surface area (Å²) in [5.41, 5.74) is -0.661. The Morgan fingerprint density at radius 1 is 1.11 bits per heavy atom. The van der Waals surface area contributed by atoms with E-state index in [9.17, 15) is 13.2 Å². The maximum Gasteiger partial charge on any atom is 0.416 e. The van der Waals surface area contributed by atoms with Crippen molar-refractivity contribution in [3.63, 3.8) is 0 Å². The second-order valence-corrected chi connectivity index (χ2v) is 4.86. The van der Waals surface area contributed by atoms with E-state index < -0.39 is 11.7 Å². The second kappa shape index (κ2) is 6.80. The van der Waals surface area contributed by atoms with E-state index in [-0.39, 0.29) is 0 Å². The van der Waals surface area contributed by atoms with E-state index in [2.05, 4.69) is 26.1 Å². The van der Waals surface area contributed by atoms with Crippen molar-refractivity contribution in [1.29, 1.82) is 0 Å². The zero-order valence-electron chi connectivity index (χ0n) is 11.4. The molecule has 1 rings (SSSR count). The standard InChI is InChI=1S/C14H20F3NO/c1-10(2)11(3)18-8-9-19-13-6-4-12(5-7-13)14(15,16)17/h4-7,10-11,18H,8-9H2,1-3H3. The molecule has 0 heterocycles. The summed E-state index contributed by atoms with van der Waals surface area (Å²) < 4.78 is 42.4. The Morgan fingerprint density at radius 3 is 2.16 bits per heavy atom. The van der Waals surface area contributed by atoms with Crippen molar-refractivity contribution in [3.05, 3.63) is 29.8 Å². The smallest absolute Gasteiger partial charge is 0.416 e. The molecule has 2 nitrogen and oxygen atoms in total. The van der Waals surface area contributed by atoms with E-state index >= 15 is 0 Å². The molecule has 0 aliphatic rings. The topological polar surface area (TPSA) is 21.3 Å². The van der Waals surface area contributed by atoms with Crippen LogP contribution in [0, 0.1) is 5.92 Å². The lowest BCUT2D eigenvalue weighted by Crippen LogP contribution is -2.33. The lowest BCUT2D eigenvalue weighted by atomic mass is 10.1. The van der Waals surface area contributed by atoms with Crippen molar-refractivity contribution in [2.75, 3.05) is 13.2 Å². The maximum absolute atomic E-state index is 12.3. The van der Waals surface area contributed by atoms with Gasteiger partial charge in [-0.3, -0.25) is 0 Å². The molecule has 0 saturated carbocycles. The van der Waals surface area contributed by atoms with Crippen LogP contribution in [0.15, 0.2) is 24.3 Å². The van der Waals surface area contributed by atoms with Crippen LogP contribution in [0.2, 0.25) is 0 Å². The van der Waals surface area contributed by atoms with E-state index in [1.807, 2.05) is 0 Å². The van der Waals surface area contributed by atoms with Gasteiger partial charge in [-0.1, -0.05) is 13.8 Å². The van der Waals surface area contributed by atoms with Crippen LogP contribution in [0.5, 0.6) is 5.75 Å². The summed E-state index contributed by atoms with van der Waals surface area (Å²) in [7, 11) is 0. The third kappa shape index (κ3) is 5.51. The minimum Gasteiger partial charge on any atom is -0.492 e. The van der Waals surface area contributed by atoms with Gasteiger partial charge in [0.25, 0.3) is 0 Å². The number of alkyl halides is 3. The Bertz CT molecular complexity index is 373. The molecule has 0 amide bonds. The van der Waals surface area contributed by atoms with Gasteiger partial charge in [-0.2, -0.15) is 13.2 Å². The van der Waals surface area contributed by atoms with Gasteiger partial charge in [0.05, 0.1) is 5.56 Å². The summed E-state index contributed by atoms with van der Waals surface area (Å²) >= 11 is 0. The highest BCUT2D eigenvalue weighted by molar-refractivity contribution is 5.28. The van der Waals surface area contributed by atoms with Gasteiger partial charge in [0.2, 0.25) is 0 Å². The van der Waals surface area contributed by atoms with Crippen molar-refractivity contribution in [2.24, 2.45) is 5.92 Å². The summed E-state index contributed by atoms with van der Waals surface area (Å²) in [5.74, 6) is 0.984. The molecule has 0 spiro atoms. The highest BCUT2D eigenvalue weighted by Gasteiger charge is 2.29. The number of rotatable bonds is 6. The average Bonchev–Trinajstić information content (AvgIpc) is 2.33. The minimum absolute atomic E-state index is 0.385. The summed E-state index contributed by atoms with van der Waals surface area (Å²) in [4.78, 5) is 0. The Kier molecular flexibility index (Phi) is 5.66. The van der Waals surface area contributed by atoms with Crippen molar-refractivity contribution in [3.8, 4) is 5.75 Å². The highest BCUT2D eigenvalue weighted by Crippen LogP contribution is 2.30. The Labute approximate surface area is 112 Å². The zero-order valence-corrected chi connectivity index (χ0v) is 11.4. The Hall–Kier alpha value is -1.23. The molecule has 0 aliphatic heterocycles. The van der Waals surface area contributed by atoms with Crippen molar-refractivity contribution < 1.29 is 17.9 Å². The molecule has 19 heavy (non-hydrogen) atoms.